The number of rotatable bonds is 6. The normalized spacial score (nSPS) is 21.8. The minimum absolute atomic E-state index is 0.0287. The molecule has 1 amide bonds. The van der Waals surface area contributed by atoms with Crippen LogP contribution in [0.25, 0.3) is 0 Å². The number of carbonyl (C=O) groups excluding carboxylic acids is 2. The molecule has 1 fully saturated rings. The van der Waals surface area contributed by atoms with E-state index in [0.29, 0.717) is 30.4 Å². The van der Waals surface area contributed by atoms with Crippen molar-refractivity contribution in [1.82, 2.24) is 4.72 Å². The third kappa shape index (κ3) is 5.54. The summed E-state index contributed by atoms with van der Waals surface area (Å²) in [5, 5.41) is 2.56. The lowest BCUT2D eigenvalue weighted by Crippen LogP contribution is -2.30. The summed E-state index contributed by atoms with van der Waals surface area (Å²) in [5.74, 6) is -0.222. The van der Waals surface area contributed by atoms with Crippen LogP contribution < -0.4 is 10.0 Å². The zero-order valence-electron chi connectivity index (χ0n) is 15.8. The van der Waals surface area contributed by atoms with Gasteiger partial charge in [0.1, 0.15) is 5.84 Å². The fourth-order valence-electron chi connectivity index (χ4n) is 3.00. The number of hydrogen-bond acceptors (Lipinski definition) is 6. The van der Waals surface area contributed by atoms with Crippen molar-refractivity contribution < 1.29 is 22.7 Å². The summed E-state index contributed by atoms with van der Waals surface area (Å²) < 4.78 is 32.7. The largest absolute Gasteiger partial charge is 0.455 e. The van der Waals surface area contributed by atoms with Crippen molar-refractivity contribution in [3.05, 3.63) is 24.3 Å². The zero-order chi connectivity index (χ0) is 20.1. The van der Waals surface area contributed by atoms with Crippen molar-refractivity contribution in [2.45, 2.75) is 43.9 Å². The molecule has 0 radical (unpaired) electrons. The number of ether oxygens (including phenoxy) is 1. The lowest BCUT2D eigenvalue weighted by atomic mass is 10.2. The first kappa shape index (κ1) is 20.3. The summed E-state index contributed by atoms with van der Waals surface area (Å²) in [6.07, 6.45) is 4.27. The highest BCUT2D eigenvalue weighted by molar-refractivity contribution is 7.90. The summed E-state index contributed by atoms with van der Waals surface area (Å²) >= 11 is 0. The van der Waals surface area contributed by atoms with Crippen LogP contribution in [0, 0.1) is 11.8 Å². The number of nitrogens with one attached hydrogen (secondary N) is 2. The quantitative estimate of drug-likeness (QED) is 0.701. The van der Waals surface area contributed by atoms with Crippen LogP contribution >= 0.6 is 0 Å². The molecule has 152 valence electrons. The maximum atomic E-state index is 12.6. The monoisotopic (exact) mass is 407 g/mol. The number of amidine groups is 1. The van der Waals surface area contributed by atoms with Crippen molar-refractivity contribution in [2.75, 3.05) is 18.5 Å². The summed E-state index contributed by atoms with van der Waals surface area (Å²) in [7, 11) is -3.79. The van der Waals surface area contributed by atoms with Gasteiger partial charge < -0.3 is 10.1 Å². The molecular formula is C19H25N3O5S. The molecule has 1 aromatic carbocycles. The zero-order valence-corrected chi connectivity index (χ0v) is 16.6. The number of sulfonamides is 1. The molecule has 2 atom stereocenters. The second-order valence-corrected chi connectivity index (χ2v) is 8.93. The molecule has 0 saturated heterocycles. The van der Waals surface area contributed by atoms with Crippen LogP contribution in [0.2, 0.25) is 0 Å². The van der Waals surface area contributed by atoms with E-state index in [-0.39, 0.29) is 16.8 Å². The lowest BCUT2D eigenvalue weighted by Gasteiger charge is -2.11. The van der Waals surface area contributed by atoms with Crippen molar-refractivity contribution >= 4 is 33.4 Å². The second-order valence-electron chi connectivity index (χ2n) is 7.25. The molecule has 0 bridgehead atoms. The third-order valence-corrected chi connectivity index (χ3v) is 6.19. The van der Waals surface area contributed by atoms with E-state index in [9.17, 15) is 18.0 Å². The molecule has 0 spiro atoms. The first-order chi connectivity index (χ1) is 13.3. The molecule has 1 aromatic rings. The Bertz CT molecular complexity index is 881. The van der Waals surface area contributed by atoms with Gasteiger partial charge in [0.2, 0.25) is 0 Å². The Morgan fingerprint density at radius 2 is 2.04 bits per heavy atom. The number of aliphatic imine (C=N–C) groups is 1. The van der Waals surface area contributed by atoms with Gasteiger partial charge in [0.05, 0.1) is 10.8 Å². The number of carbonyl (C=O) groups is 2. The van der Waals surface area contributed by atoms with Crippen molar-refractivity contribution in [3.63, 3.8) is 0 Å². The molecular weight excluding hydrogens is 382 g/mol. The van der Waals surface area contributed by atoms with E-state index in [1.165, 1.54) is 18.2 Å². The van der Waals surface area contributed by atoms with Gasteiger partial charge >= 0.3 is 5.97 Å². The Labute approximate surface area is 164 Å². The van der Waals surface area contributed by atoms with E-state index in [4.69, 9.17) is 4.74 Å². The van der Waals surface area contributed by atoms with Crippen LogP contribution in [-0.2, 0) is 24.3 Å². The maximum absolute atomic E-state index is 12.6. The Hall–Kier alpha value is -2.42. The molecule has 0 aromatic heterocycles. The van der Waals surface area contributed by atoms with Gasteiger partial charge in [-0.2, -0.15) is 0 Å². The number of hydrogen-bond donors (Lipinski definition) is 2. The Balaban J connectivity index is 1.58. The molecule has 2 aliphatic rings. The van der Waals surface area contributed by atoms with Crippen LogP contribution in [0.5, 0.6) is 0 Å². The van der Waals surface area contributed by atoms with Crippen LogP contribution in [-0.4, -0.2) is 39.3 Å². The fraction of sp³-hybridized carbons (Fsp3) is 0.526. The summed E-state index contributed by atoms with van der Waals surface area (Å²) in [6, 6.07) is 5.92. The average molecular weight is 407 g/mol. The van der Waals surface area contributed by atoms with E-state index < -0.39 is 22.5 Å². The lowest BCUT2D eigenvalue weighted by molar-refractivity contribution is -0.148. The molecule has 1 saturated carbocycles. The van der Waals surface area contributed by atoms with Crippen molar-refractivity contribution in [1.29, 1.82) is 0 Å². The van der Waals surface area contributed by atoms with E-state index in [1.807, 2.05) is 6.92 Å². The predicted molar refractivity (Wildman–Crippen MR) is 104 cm³/mol. The Morgan fingerprint density at radius 3 is 2.79 bits per heavy atom. The van der Waals surface area contributed by atoms with E-state index in [2.05, 4.69) is 15.0 Å². The van der Waals surface area contributed by atoms with Gasteiger partial charge in [0.25, 0.3) is 15.9 Å². The van der Waals surface area contributed by atoms with Gasteiger partial charge in [-0.1, -0.05) is 19.4 Å². The fourth-order valence-corrected chi connectivity index (χ4v) is 4.14. The highest BCUT2D eigenvalue weighted by Gasteiger charge is 2.40. The van der Waals surface area contributed by atoms with Gasteiger partial charge in [0, 0.05) is 18.7 Å². The Kier molecular flexibility index (Phi) is 6.33. The maximum Gasteiger partial charge on any atom is 0.309 e. The second kappa shape index (κ2) is 8.72. The van der Waals surface area contributed by atoms with E-state index in [0.717, 1.165) is 25.7 Å². The van der Waals surface area contributed by atoms with Crippen molar-refractivity contribution in [3.8, 4) is 0 Å². The molecule has 1 heterocycles. The van der Waals surface area contributed by atoms with Crippen LogP contribution in [0.15, 0.2) is 34.2 Å². The van der Waals surface area contributed by atoms with Gasteiger partial charge in [-0.15, -0.1) is 0 Å². The molecule has 3 rings (SSSR count). The molecule has 28 heavy (non-hydrogen) atoms. The summed E-state index contributed by atoms with van der Waals surface area (Å²) in [4.78, 5) is 28.0. The smallest absolute Gasteiger partial charge is 0.309 e. The first-order valence-corrected chi connectivity index (χ1v) is 11.0. The molecule has 1 aliphatic carbocycles. The number of amides is 1. The number of esters is 1. The molecule has 9 heteroatoms. The number of anilines is 1. The molecule has 0 unspecified atom stereocenters. The predicted octanol–water partition coefficient (Wildman–Crippen LogP) is 2.08. The summed E-state index contributed by atoms with van der Waals surface area (Å²) in [5.41, 5.74) is 0.312. The van der Waals surface area contributed by atoms with Gasteiger partial charge in [-0.3, -0.25) is 19.3 Å². The topological polar surface area (TPSA) is 114 Å². The molecule has 8 nitrogen and oxygen atoms in total. The minimum atomic E-state index is -3.79. The summed E-state index contributed by atoms with van der Waals surface area (Å²) in [6.45, 7) is 2.17. The highest BCUT2D eigenvalue weighted by atomic mass is 32.2. The van der Waals surface area contributed by atoms with Crippen LogP contribution in [0.3, 0.4) is 0 Å². The standard InChI is InChI=1S/C19H25N3O5S/c1-13-10-16(13)19(24)27-12-18(23)21-14-6-5-7-15(11-14)28(25,26)22-17-8-3-2-4-9-20-17/h5-7,11,13,16H,2-4,8-10,12H2,1H3,(H,20,22)(H,21,23)/t13-,16-/m0/s1. The average Bonchev–Trinajstić information content (AvgIpc) is 3.43. The van der Waals surface area contributed by atoms with Gasteiger partial charge in [-0.25, -0.2) is 8.42 Å². The van der Waals surface area contributed by atoms with Crippen LogP contribution in [0.1, 0.15) is 39.0 Å². The minimum Gasteiger partial charge on any atom is -0.455 e. The van der Waals surface area contributed by atoms with Gasteiger partial charge in [-0.05, 0) is 43.4 Å². The molecule has 1 aliphatic heterocycles. The highest BCUT2D eigenvalue weighted by Crippen LogP contribution is 2.38. The third-order valence-electron chi connectivity index (χ3n) is 4.81. The van der Waals surface area contributed by atoms with Crippen molar-refractivity contribution in [2.24, 2.45) is 16.8 Å². The number of benzene rings is 1. The number of nitrogens with zero attached hydrogens (tertiary/aromatic N) is 1. The van der Waals surface area contributed by atoms with Crippen LogP contribution in [0.4, 0.5) is 5.69 Å². The SMILES string of the molecule is C[C@H]1C[C@@H]1C(=O)OCC(=O)Nc1cccc(S(=O)(=O)NC2=NCCCCC2)c1. The first-order valence-electron chi connectivity index (χ1n) is 9.48. The van der Waals surface area contributed by atoms with Gasteiger partial charge in [0.15, 0.2) is 6.61 Å². The Morgan fingerprint density at radius 1 is 1.25 bits per heavy atom. The molecule has 2 N–H and O–H groups in total. The van der Waals surface area contributed by atoms with E-state index >= 15 is 0 Å². The van der Waals surface area contributed by atoms with E-state index in [1.54, 1.807) is 6.07 Å².